The second kappa shape index (κ2) is 9.20. The number of aromatic nitrogens is 6. The van der Waals surface area contributed by atoms with Crippen LogP contribution in [0.15, 0.2) is 12.5 Å². The molecule has 1 aliphatic heterocycles. The summed E-state index contributed by atoms with van der Waals surface area (Å²) in [5, 5.41) is 12.1. The van der Waals surface area contributed by atoms with Gasteiger partial charge in [-0.15, -0.1) is 11.3 Å². The van der Waals surface area contributed by atoms with E-state index in [0.29, 0.717) is 27.8 Å². The molecular formula is C26H30F3N7S. The highest BCUT2D eigenvalue weighted by Crippen LogP contribution is 2.42. The molecule has 196 valence electrons. The van der Waals surface area contributed by atoms with Crippen molar-refractivity contribution in [1.82, 2.24) is 34.7 Å². The first-order chi connectivity index (χ1) is 17.7. The van der Waals surface area contributed by atoms with Crippen LogP contribution >= 0.6 is 11.3 Å². The van der Waals surface area contributed by atoms with E-state index in [1.165, 1.54) is 41.9 Å². The van der Waals surface area contributed by atoms with Gasteiger partial charge in [0.25, 0.3) is 0 Å². The maximum Gasteiger partial charge on any atom is 0.393 e. The Kier molecular flexibility index (Phi) is 6.10. The Morgan fingerprint density at radius 2 is 1.84 bits per heavy atom. The number of nitrogens with one attached hydrogen (secondary N) is 1. The van der Waals surface area contributed by atoms with Crippen LogP contribution in [0, 0.1) is 26.7 Å². The highest BCUT2D eigenvalue weighted by molar-refractivity contribution is 7.15. The van der Waals surface area contributed by atoms with Crippen LogP contribution in [0.4, 0.5) is 13.2 Å². The zero-order valence-electron chi connectivity index (χ0n) is 21.2. The normalized spacial score (nSPS) is 17.8. The van der Waals surface area contributed by atoms with Gasteiger partial charge in [-0.1, -0.05) is 0 Å². The summed E-state index contributed by atoms with van der Waals surface area (Å²) in [7, 11) is 0. The second-order valence-corrected chi connectivity index (χ2v) is 11.6. The molecule has 1 saturated heterocycles. The van der Waals surface area contributed by atoms with Crippen molar-refractivity contribution in [3.05, 3.63) is 39.8 Å². The summed E-state index contributed by atoms with van der Waals surface area (Å²) in [5.74, 6) is 1.28. The molecule has 0 spiro atoms. The van der Waals surface area contributed by atoms with Gasteiger partial charge in [0.2, 0.25) is 0 Å². The van der Waals surface area contributed by atoms with Gasteiger partial charge in [0.15, 0.2) is 5.65 Å². The summed E-state index contributed by atoms with van der Waals surface area (Å²) < 4.78 is 43.0. The first-order valence-electron chi connectivity index (χ1n) is 12.8. The Balaban J connectivity index is 1.35. The molecule has 0 amide bonds. The molecule has 7 nitrogen and oxygen atoms in total. The molecule has 4 aromatic rings. The van der Waals surface area contributed by atoms with Crippen LogP contribution in [0.25, 0.3) is 27.6 Å². The maximum absolute atomic E-state index is 13.8. The Hall–Kier alpha value is -2.79. The molecule has 0 bridgehead atoms. The fourth-order valence-electron chi connectivity index (χ4n) is 5.52. The minimum Gasteiger partial charge on any atom is -0.303 e. The average molecular weight is 530 g/mol. The summed E-state index contributed by atoms with van der Waals surface area (Å²) in [6, 6.07) is 0. The third kappa shape index (κ3) is 4.79. The van der Waals surface area contributed by atoms with Crippen LogP contribution in [0.3, 0.4) is 0 Å². The number of fused-ring (bicyclic) bond motifs is 1. The maximum atomic E-state index is 13.8. The summed E-state index contributed by atoms with van der Waals surface area (Å²) in [5.41, 5.74) is 4.68. The number of nitrogens with zero attached hydrogens (tertiary/aromatic N) is 6. The average Bonchev–Trinajstić information content (AvgIpc) is 3.21. The van der Waals surface area contributed by atoms with Crippen molar-refractivity contribution in [2.75, 3.05) is 19.6 Å². The molecule has 2 aliphatic rings. The number of hydrogen-bond donors (Lipinski definition) is 1. The third-order valence-corrected chi connectivity index (χ3v) is 9.17. The highest BCUT2D eigenvalue weighted by atomic mass is 32.1. The molecule has 37 heavy (non-hydrogen) atoms. The van der Waals surface area contributed by atoms with Crippen molar-refractivity contribution >= 4 is 17.0 Å². The number of H-pyrrole nitrogens is 1. The predicted octanol–water partition coefficient (Wildman–Crippen LogP) is 5.86. The van der Waals surface area contributed by atoms with E-state index in [1.54, 1.807) is 10.7 Å². The van der Waals surface area contributed by atoms with E-state index in [4.69, 9.17) is 4.98 Å². The molecule has 2 fully saturated rings. The largest absolute Gasteiger partial charge is 0.393 e. The number of thiazole rings is 1. The van der Waals surface area contributed by atoms with Gasteiger partial charge < -0.3 is 4.90 Å². The first-order valence-corrected chi connectivity index (χ1v) is 13.6. The predicted molar refractivity (Wildman–Crippen MR) is 137 cm³/mol. The molecule has 0 radical (unpaired) electrons. The smallest absolute Gasteiger partial charge is 0.303 e. The van der Waals surface area contributed by atoms with Crippen LogP contribution in [0.2, 0.25) is 0 Å². The number of pyridine rings is 1. The molecule has 11 heteroatoms. The van der Waals surface area contributed by atoms with Crippen molar-refractivity contribution in [2.24, 2.45) is 5.92 Å². The van der Waals surface area contributed by atoms with E-state index in [0.717, 1.165) is 48.7 Å². The van der Waals surface area contributed by atoms with Gasteiger partial charge in [-0.2, -0.15) is 23.4 Å². The number of aromatic amines is 1. The van der Waals surface area contributed by atoms with E-state index in [2.05, 4.69) is 25.2 Å². The SMILES string of the molecule is Cc1nc(-c2n[nH]c(-c3cn4ncnc4c(C)c3C)c2CC(F)(F)F)sc1C1CCN(CC2CC2)CC1. The summed E-state index contributed by atoms with van der Waals surface area (Å²) in [6.45, 7) is 9.10. The minimum atomic E-state index is -4.39. The number of piperidine rings is 1. The van der Waals surface area contributed by atoms with Crippen LogP contribution < -0.4 is 0 Å². The summed E-state index contributed by atoms with van der Waals surface area (Å²) in [6.07, 6.45) is 2.52. The van der Waals surface area contributed by atoms with Crippen molar-refractivity contribution in [3.63, 3.8) is 0 Å². The summed E-state index contributed by atoms with van der Waals surface area (Å²) >= 11 is 1.50. The monoisotopic (exact) mass is 529 g/mol. The number of likely N-dealkylation sites (tertiary alicyclic amines) is 1. The molecule has 6 rings (SSSR count). The van der Waals surface area contributed by atoms with Gasteiger partial charge in [-0.25, -0.2) is 14.5 Å². The van der Waals surface area contributed by atoms with E-state index in [-0.39, 0.29) is 11.3 Å². The molecule has 1 saturated carbocycles. The standard InChI is InChI=1S/C26H30F3N7S/c1-14-15(2)24-30-13-31-36(24)12-20(14)21-19(10-26(27,28)29)22(34-33-21)25-32-16(3)23(37-25)18-6-8-35(9-7-18)11-17-4-5-17/h12-13,17-18H,4-11H2,1-3H3,(H,33,34). The number of alkyl halides is 3. The van der Waals surface area contributed by atoms with Crippen molar-refractivity contribution in [1.29, 1.82) is 0 Å². The fourth-order valence-corrected chi connectivity index (χ4v) is 6.78. The van der Waals surface area contributed by atoms with Crippen molar-refractivity contribution < 1.29 is 13.2 Å². The molecule has 4 aromatic heterocycles. The Morgan fingerprint density at radius 1 is 1.08 bits per heavy atom. The quantitative estimate of drug-likeness (QED) is 0.339. The van der Waals surface area contributed by atoms with Gasteiger partial charge in [-0.3, -0.25) is 5.10 Å². The number of hydrogen-bond acceptors (Lipinski definition) is 6. The van der Waals surface area contributed by atoms with Crippen LogP contribution in [-0.2, 0) is 6.42 Å². The van der Waals surface area contributed by atoms with E-state index in [1.807, 2.05) is 20.8 Å². The minimum absolute atomic E-state index is 0.119. The number of halogens is 3. The van der Waals surface area contributed by atoms with Crippen LogP contribution in [-0.4, -0.2) is 60.5 Å². The third-order valence-electron chi connectivity index (χ3n) is 7.85. The lowest BCUT2D eigenvalue weighted by molar-refractivity contribution is -0.127. The summed E-state index contributed by atoms with van der Waals surface area (Å²) in [4.78, 5) is 12.7. The molecule has 5 heterocycles. The topological polar surface area (TPSA) is 75.0 Å². The van der Waals surface area contributed by atoms with Crippen LogP contribution in [0.1, 0.15) is 58.9 Å². The number of rotatable bonds is 6. The lowest BCUT2D eigenvalue weighted by Gasteiger charge is -2.31. The van der Waals surface area contributed by atoms with Gasteiger partial charge in [-0.05, 0) is 82.5 Å². The Bertz CT molecular complexity index is 1440. The first kappa shape index (κ1) is 24.5. The van der Waals surface area contributed by atoms with Gasteiger partial charge in [0.05, 0.1) is 17.8 Å². The van der Waals surface area contributed by atoms with Crippen molar-refractivity contribution in [3.8, 4) is 22.0 Å². The van der Waals surface area contributed by atoms with Gasteiger partial charge >= 0.3 is 6.18 Å². The molecule has 0 atom stereocenters. The van der Waals surface area contributed by atoms with Crippen molar-refractivity contribution in [2.45, 2.75) is 65.0 Å². The van der Waals surface area contributed by atoms with Gasteiger partial charge in [0, 0.05) is 28.7 Å². The second-order valence-electron chi connectivity index (χ2n) is 10.5. The van der Waals surface area contributed by atoms with E-state index in [9.17, 15) is 13.2 Å². The Labute approximate surface area is 217 Å². The molecule has 1 N–H and O–H groups in total. The van der Waals surface area contributed by atoms with E-state index >= 15 is 0 Å². The zero-order valence-corrected chi connectivity index (χ0v) is 22.0. The molecule has 1 aliphatic carbocycles. The Morgan fingerprint density at radius 3 is 2.54 bits per heavy atom. The van der Waals surface area contributed by atoms with Gasteiger partial charge in [0.1, 0.15) is 17.0 Å². The zero-order chi connectivity index (χ0) is 25.9. The molecule has 0 unspecified atom stereocenters. The molecular weight excluding hydrogens is 499 g/mol. The van der Waals surface area contributed by atoms with E-state index < -0.39 is 12.6 Å². The molecule has 0 aromatic carbocycles. The lowest BCUT2D eigenvalue weighted by atomic mass is 9.94. The number of aryl methyl sites for hydroxylation is 2. The highest BCUT2D eigenvalue weighted by Gasteiger charge is 2.35. The fraction of sp³-hybridized carbons (Fsp3) is 0.538. The van der Waals surface area contributed by atoms with Crippen LogP contribution in [0.5, 0.6) is 0 Å². The lowest BCUT2D eigenvalue weighted by Crippen LogP contribution is -2.34.